The first-order valence-electron chi connectivity index (χ1n) is 10.5. The molecule has 0 bridgehead atoms. The molecule has 0 radical (unpaired) electrons. The second-order valence-corrected chi connectivity index (χ2v) is 8.86. The zero-order chi connectivity index (χ0) is 22.6. The molecule has 2 atom stereocenters. The smallest absolute Gasteiger partial charge is 0.408 e. The summed E-state index contributed by atoms with van der Waals surface area (Å²) < 4.78 is 24.5. The standard InChI is InChI=1S/C22H29FN4O4/c1-14(24-21(29)30-22(2,3)4)20(28)27-11-7-8-15(13-27)12-18-25-19(26-31-18)16-9-5-6-10-17(16)23/h5-6,9-10,14-15H,7-8,11-13H2,1-4H3,(H,24,29)/t14-,15+/m1/s1. The summed E-state index contributed by atoms with van der Waals surface area (Å²) in [5.74, 6) is 0.203. The van der Waals surface area contributed by atoms with E-state index in [1.54, 1.807) is 50.8 Å². The number of ether oxygens (including phenoxy) is 1. The van der Waals surface area contributed by atoms with E-state index in [-0.39, 0.29) is 17.6 Å². The number of nitrogens with one attached hydrogen (secondary N) is 1. The molecule has 0 saturated carbocycles. The minimum absolute atomic E-state index is 0.139. The molecule has 1 aromatic carbocycles. The third-order valence-electron chi connectivity index (χ3n) is 4.98. The van der Waals surface area contributed by atoms with Gasteiger partial charge in [0.05, 0.1) is 5.56 Å². The number of piperidine rings is 1. The van der Waals surface area contributed by atoms with Gasteiger partial charge in [0.2, 0.25) is 17.6 Å². The first kappa shape index (κ1) is 22.7. The maximum atomic E-state index is 13.9. The Morgan fingerprint density at radius 1 is 1.35 bits per heavy atom. The fourth-order valence-electron chi connectivity index (χ4n) is 3.59. The van der Waals surface area contributed by atoms with Gasteiger partial charge in [0.1, 0.15) is 17.5 Å². The molecule has 1 aliphatic rings. The SMILES string of the molecule is C[C@@H](NC(=O)OC(C)(C)C)C(=O)N1CCC[C@@H](Cc2nc(-c3ccccc3F)no2)C1. The number of aromatic nitrogens is 2. The number of likely N-dealkylation sites (tertiary alicyclic amines) is 1. The molecule has 0 aliphatic carbocycles. The molecule has 0 spiro atoms. The molecular formula is C22H29FN4O4. The van der Waals surface area contributed by atoms with Crippen LogP contribution < -0.4 is 5.32 Å². The van der Waals surface area contributed by atoms with Crippen LogP contribution in [0.15, 0.2) is 28.8 Å². The van der Waals surface area contributed by atoms with Crippen LogP contribution in [0.5, 0.6) is 0 Å². The molecular weight excluding hydrogens is 403 g/mol. The summed E-state index contributed by atoms with van der Waals surface area (Å²) in [6.07, 6.45) is 1.63. The van der Waals surface area contributed by atoms with Crippen molar-refractivity contribution in [2.24, 2.45) is 5.92 Å². The largest absolute Gasteiger partial charge is 0.444 e. The van der Waals surface area contributed by atoms with Crippen molar-refractivity contribution in [2.45, 2.75) is 58.6 Å². The molecule has 3 rings (SSSR count). The van der Waals surface area contributed by atoms with Crippen molar-refractivity contribution in [3.63, 3.8) is 0 Å². The van der Waals surface area contributed by atoms with Gasteiger partial charge in [-0.3, -0.25) is 4.79 Å². The fraction of sp³-hybridized carbons (Fsp3) is 0.545. The van der Waals surface area contributed by atoms with Gasteiger partial charge in [-0.1, -0.05) is 17.3 Å². The van der Waals surface area contributed by atoms with Gasteiger partial charge in [-0.05, 0) is 58.6 Å². The Morgan fingerprint density at radius 2 is 2.10 bits per heavy atom. The van der Waals surface area contributed by atoms with Crippen LogP contribution in [0.25, 0.3) is 11.4 Å². The van der Waals surface area contributed by atoms with E-state index in [2.05, 4.69) is 15.5 Å². The maximum absolute atomic E-state index is 13.9. The Bertz CT molecular complexity index is 924. The van der Waals surface area contributed by atoms with E-state index < -0.39 is 23.6 Å². The lowest BCUT2D eigenvalue weighted by Gasteiger charge is -2.34. The molecule has 2 aromatic rings. The average molecular weight is 432 g/mol. The van der Waals surface area contributed by atoms with E-state index in [4.69, 9.17) is 9.26 Å². The summed E-state index contributed by atoms with van der Waals surface area (Å²) in [7, 11) is 0. The van der Waals surface area contributed by atoms with Gasteiger partial charge < -0.3 is 19.5 Å². The molecule has 1 fully saturated rings. The van der Waals surface area contributed by atoms with E-state index in [1.807, 2.05) is 0 Å². The van der Waals surface area contributed by atoms with Crippen LogP contribution in [0, 0.1) is 11.7 Å². The molecule has 1 N–H and O–H groups in total. The number of amides is 2. The van der Waals surface area contributed by atoms with Crippen molar-refractivity contribution in [3.8, 4) is 11.4 Å². The van der Waals surface area contributed by atoms with Gasteiger partial charge in [-0.25, -0.2) is 9.18 Å². The number of hydrogen-bond donors (Lipinski definition) is 1. The first-order chi connectivity index (χ1) is 14.6. The predicted octanol–water partition coefficient (Wildman–Crippen LogP) is 3.57. The van der Waals surface area contributed by atoms with Gasteiger partial charge in [0.15, 0.2) is 0 Å². The Labute approximate surface area is 181 Å². The summed E-state index contributed by atoms with van der Waals surface area (Å²) in [5.41, 5.74) is -0.339. The molecule has 2 heterocycles. The molecule has 31 heavy (non-hydrogen) atoms. The topological polar surface area (TPSA) is 97.6 Å². The zero-order valence-electron chi connectivity index (χ0n) is 18.4. The summed E-state index contributed by atoms with van der Waals surface area (Å²) in [4.78, 5) is 30.8. The zero-order valence-corrected chi connectivity index (χ0v) is 18.4. The third-order valence-corrected chi connectivity index (χ3v) is 4.98. The van der Waals surface area contributed by atoms with Crippen LogP contribution in [0.4, 0.5) is 9.18 Å². The Balaban J connectivity index is 1.56. The number of benzene rings is 1. The minimum atomic E-state index is -0.690. The molecule has 1 aromatic heterocycles. The van der Waals surface area contributed by atoms with Crippen molar-refractivity contribution in [1.82, 2.24) is 20.4 Å². The van der Waals surface area contributed by atoms with Crippen molar-refractivity contribution >= 4 is 12.0 Å². The van der Waals surface area contributed by atoms with Crippen LogP contribution in [0.1, 0.15) is 46.4 Å². The fourth-order valence-corrected chi connectivity index (χ4v) is 3.59. The summed E-state index contributed by atoms with van der Waals surface area (Å²) in [6.45, 7) is 8.10. The van der Waals surface area contributed by atoms with Crippen molar-refractivity contribution in [1.29, 1.82) is 0 Å². The van der Waals surface area contributed by atoms with Crippen LogP contribution in [0.3, 0.4) is 0 Å². The van der Waals surface area contributed by atoms with E-state index >= 15 is 0 Å². The lowest BCUT2D eigenvalue weighted by Crippen LogP contribution is -2.51. The maximum Gasteiger partial charge on any atom is 0.408 e. The van der Waals surface area contributed by atoms with Crippen LogP contribution in [-0.4, -0.2) is 51.8 Å². The molecule has 0 unspecified atom stereocenters. The molecule has 168 valence electrons. The van der Waals surface area contributed by atoms with Gasteiger partial charge in [0, 0.05) is 19.5 Å². The lowest BCUT2D eigenvalue weighted by atomic mass is 9.94. The molecule has 2 amide bonds. The number of alkyl carbamates (subject to hydrolysis) is 1. The summed E-state index contributed by atoms with van der Waals surface area (Å²) in [5, 5.41) is 6.48. The Hall–Kier alpha value is -2.97. The normalized spacial score (nSPS) is 17.8. The summed E-state index contributed by atoms with van der Waals surface area (Å²) >= 11 is 0. The Morgan fingerprint density at radius 3 is 2.81 bits per heavy atom. The van der Waals surface area contributed by atoms with Crippen LogP contribution in [0.2, 0.25) is 0 Å². The van der Waals surface area contributed by atoms with Crippen LogP contribution >= 0.6 is 0 Å². The van der Waals surface area contributed by atoms with Gasteiger partial charge >= 0.3 is 6.09 Å². The Kier molecular flexibility index (Phi) is 6.92. The molecule has 1 saturated heterocycles. The molecule has 1 aliphatic heterocycles. The van der Waals surface area contributed by atoms with Gasteiger partial charge in [-0.2, -0.15) is 4.98 Å². The second-order valence-electron chi connectivity index (χ2n) is 8.86. The number of carbonyl (C=O) groups is 2. The highest BCUT2D eigenvalue weighted by Gasteiger charge is 2.29. The quantitative estimate of drug-likeness (QED) is 0.776. The minimum Gasteiger partial charge on any atom is -0.444 e. The van der Waals surface area contributed by atoms with Crippen molar-refractivity contribution in [2.75, 3.05) is 13.1 Å². The second kappa shape index (κ2) is 9.45. The number of hydrogen-bond acceptors (Lipinski definition) is 6. The predicted molar refractivity (Wildman–Crippen MR) is 112 cm³/mol. The van der Waals surface area contributed by atoms with E-state index in [9.17, 15) is 14.0 Å². The van der Waals surface area contributed by atoms with E-state index in [0.29, 0.717) is 31.0 Å². The third kappa shape index (κ3) is 6.26. The summed E-state index contributed by atoms with van der Waals surface area (Å²) in [6, 6.07) is 5.58. The van der Waals surface area contributed by atoms with Gasteiger partial charge in [-0.15, -0.1) is 0 Å². The van der Waals surface area contributed by atoms with Crippen molar-refractivity contribution in [3.05, 3.63) is 36.0 Å². The number of halogens is 1. The highest BCUT2D eigenvalue weighted by atomic mass is 19.1. The monoisotopic (exact) mass is 432 g/mol. The molecule has 9 heteroatoms. The van der Waals surface area contributed by atoms with Crippen LogP contribution in [-0.2, 0) is 16.0 Å². The van der Waals surface area contributed by atoms with E-state index in [1.165, 1.54) is 6.07 Å². The lowest BCUT2D eigenvalue weighted by molar-refractivity contribution is -0.134. The highest BCUT2D eigenvalue weighted by Crippen LogP contribution is 2.24. The number of rotatable bonds is 5. The number of nitrogens with zero attached hydrogens (tertiary/aromatic N) is 3. The van der Waals surface area contributed by atoms with Gasteiger partial charge in [0.25, 0.3) is 0 Å². The average Bonchev–Trinajstić information content (AvgIpc) is 3.14. The highest BCUT2D eigenvalue weighted by molar-refractivity contribution is 5.85. The van der Waals surface area contributed by atoms with Crippen molar-refractivity contribution < 1.29 is 23.2 Å². The first-order valence-corrected chi connectivity index (χ1v) is 10.5. The number of carbonyl (C=O) groups excluding carboxylic acids is 2. The molecule has 8 nitrogen and oxygen atoms in total. The van der Waals surface area contributed by atoms with E-state index in [0.717, 1.165) is 12.8 Å².